The number of rotatable bonds is 8. The number of thiophene rings is 1. The first kappa shape index (κ1) is 16.4. The van der Waals surface area contributed by atoms with Crippen LogP contribution in [0.25, 0.3) is 0 Å². The van der Waals surface area contributed by atoms with Crippen LogP contribution in [0.1, 0.15) is 38.0 Å². The molecule has 0 spiro atoms. The SMILES string of the molecule is CCNCc1cc(S(=O)(=O)NCC2(CC)CC2)c(Br)s1. The van der Waals surface area contributed by atoms with Gasteiger partial charge >= 0.3 is 0 Å². The molecular weight excluding hydrogens is 360 g/mol. The Balaban J connectivity index is 2.06. The van der Waals surface area contributed by atoms with Crippen LogP contribution in [-0.2, 0) is 16.6 Å². The van der Waals surface area contributed by atoms with Gasteiger partial charge in [-0.3, -0.25) is 0 Å². The van der Waals surface area contributed by atoms with E-state index in [0.717, 1.165) is 30.7 Å². The van der Waals surface area contributed by atoms with Gasteiger partial charge in [-0.15, -0.1) is 11.3 Å². The molecule has 0 aromatic carbocycles. The largest absolute Gasteiger partial charge is 0.312 e. The lowest BCUT2D eigenvalue weighted by Crippen LogP contribution is -2.30. The second-order valence-corrected chi connectivity index (χ2v) is 9.50. The first-order valence-corrected chi connectivity index (χ1v) is 10.0. The molecule has 114 valence electrons. The highest BCUT2D eigenvalue weighted by Gasteiger charge is 2.41. The number of hydrogen-bond donors (Lipinski definition) is 2. The Bertz CT molecular complexity index is 565. The molecule has 0 atom stereocenters. The van der Waals surface area contributed by atoms with Crippen LogP contribution in [0.15, 0.2) is 14.7 Å². The van der Waals surface area contributed by atoms with E-state index in [1.54, 1.807) is 6.07 Å². The van der Waals surface area contributed by atoms with E-state index in [1.165, 1.54) is 11.3 Å². The summed E-state index contributed by atoms with van der Waals surface area (Å²) in [6, 6.07) is 1.76. The molecule has 0 unspecified atom stereocenters. The van der Waals surface area contributed by atoms with Gasteiger partial charge in [-0.25, -0.2) is 13.1 Å². The molecule has 20 heavy (non-hydrogen) atoms. The predicted molar refractivity (Wildman–Crippen MR) is 86.5 cm³/mol. The van der Waals surface area contributed by atoms with Crippen molar-refractivity contribution in [2.24, 2.45) is 5.41 Å². The van der Waals surface area contributed by atoms with Crippen molar-refractivity contribution in [3.63, 3.8) is 0 Å². The molecule has 1 fully saturated rings. The van der Waals surface area contributed by atoms with Crippen LogP contribution in [0.3, 0.4) is 0 Å². The van der Waals surface area contributed by atoms with Gasteiger partial charge < -0.3 is 5.32 Å². The van der Waals surface area contributed by atoms with Crippen molar-refractivity contribution in [1.29, 1.82) is 0 Å². The average Bonchev–Trinajstić information content (AvgIpc) is 3.11. The zero-order chi connectivity index (χ0) is 14.8. The summed E-state index contributed by atoms with van der Waals surface area (Å²) in [5.74, 6) is 0. The second kappa shape index (κ2) is 6.44. The highest BCUT2D eigenvalue weighted by atomic mass is 79.9. The van der Waals surface area contributed by atoms with E-state index in [-0.39, 0.29) is 5.41 Å². The number of hydrogen-bond acceptors (Lipinski definition) is 4. The smallest absolute Gasteiger partial charge is 0.242 e. The third-order valence-corrected chi connectivity index (χ3v) is 7.54. The molecule has 2 N–H and O–H groups in total. The molecule has 1 saturated carbocycles. The zero-order valence-electron chi connectivity index (χ0n) is 11.8. The van der Waals surface area contributed by atoms with Crippen molar-refractivity contribution in [2.45, 2.75) is 44.6 Å². The topological polar surface area (TPSA) is 58.2 Å². The summed E-state index contributed by atoms with van der Waals surface area (Å²) < 4.78 is 28.2. The number of halogens is 1. The van der Waals surface area contributed by atoms with Gasteiger partial charge in [0.2, 0.25) is 10.0 Å². The van der Waals surface area contributed by atoms with Crippen molar-refractivity contribution >= 4 is 37.3 Å². The minimum Gasteiger partial charge on any atom is -0.312 e. The Morgan fingerprint density at radius 1 is 1.40 bits per heavy atom. The number of sulfonamides is 1. The molecule has 1 aliphatic carbocycles. The van der Waals surface area contributed by atoms with Crippen LogP contribution in [-0.4, -0.2) is 21.5 Å². The van der Waals surface area contributed by atoms with Crippen molar-refractivity contribution in [3.05, 3.63) is 14.7 Å². The van der Waals surface area contributed by atoms with Gasteiger partial charge in [0, 0.05) is 18.0 Å². The molecular formula is C13H21BrN2O2S2. The first-order valence-electron chi connectivity index (χ1n) is 6.91. The fraction of sp³-hybridized carbons (Fsp3) is 0.692. The predicted octanol–water partition coefficient (Wildman–Crippen LogP) is 3.09. The highest BCUT2D eigenvalue weighted by Crippen LogP contribution is 2.48. The summed E-state index contributed by atoms with van der Waals surface area (Å²) in [5, 5.41) is 3.21. The summed E-state index contributed by atoms with van der Waals surface area (Å²) in [7, 11) is -3.41. The molecule has 0 bridgehead atoms. The molecule has 7 heteroatoms. The third-order valence-electron chi connectivity index (χ3n) is 3.89. The maximum atomic E-state index is 12.4. The molecule has 1 heterocycles. The molecule has 0 aliphatic heterocycles. The van der Waals surface area contributed by atoms with E-state index in [2.05, 4.69) is 32.9 Å². The summed E-state index contributed by atoms with van der Waals surface area (Å²) in [4.78, 5) is 1.39. The maximum absolute atomic E-state index is 12.4. The molecule has 4 nitrogen and oxygen atoms in total. The summed E-state index contributed by atoms with van der Waals surface area (Å²) in [5.41, 5.74) is 0.210. The lowest BCUT2D eigenvalue weighted by atomic mass is 10.1. The first-order chi connectivity index (χ1) is 9.42. The molecule has 2 rings (SSSR count). The van der Waals surface area contributed by atoms with Gasteiger partial charge in [0.1, 0.15) is 4.90 Å². The average molecular weight is 381 g/mol. The minimum absolute atomic E-state index is 0.210. The van der Waals surface area contributed by atoms with E-state index in [9.17, 15) is 8.42 Å². The van der Waals surface area contributed by atoms with Crippen molar-refractivity contribution in [1.82, 2.24) is 10.0 Å². The van der Waals surface area contributed by atoms with Crippen LogP contribution < -0.4 is 10.0 Å². The molecule has 1 aromatic rings. The van der Waals surface area contributed by atoms with Gasteiger partial charge in [-0.05, 0) is 53.2 Å². The summed E-state index contributed by atoms with van der Waals surface area (Å²) in [6.45, 7) is 6.28. The Morgan fingerprint density at radius 3 is 2.65 bits per heavy atom. The van der Waals surface area contributed by atoms with E-state index in [4.69, 9.17) is 0 Å². The number of nitrogens with one attached hydrogen (secondary N) is 2. The fourth-order valence-corrected chi connectivity index (χ4v) is 5.88. The third kappa shape index (κ3) is 3.82. The Kier molecular flexibility index (Phi) is 5.29. The van der Waals surface area contributed by atoms with E-state index >= 15 is 0 Å². The lowest BCUT2D eigenvalue weighted by molar-refractivity contribution is 0.475. The Labute approximate surface area is 133 Å². The van der Waals surface area contributed by atoms with Crippen molar-refractivity contribution < 1.29 is 8.42 Å². The standard InChI is InChI=1S/C13H21BrN2O2S2/c1-3-13(5-6-13)9-16-20(17,18)11-7-10(8-15-4-2)19-12(11)14/h7,15-16H,3-6,8-9H2,1-2H3. The van der Waals surface area contributed by atoms with Gasteiger partial charge in [-0.2, -0.15) is 0 Å². The zero-order valence-corrected chi connectivity index (χ0v) is 15.0. The molecule has 1 aromatic heterocycles. The Morgan fingerprint density at radius 2 is 2.10 bits per heavy atom. The van der Waals surface area contributed by atoms with Gasteiger partial charge in [0.05, 0.1) is 3.79 Å². The lowest BCUT2D eigenvalue weighted by Gasteiger charge is -2.13. The maximum Gasteiger partial charge on any atom is 0.242 e. The molecule has 0 amide bonds. The molecule has 1 aliphatic rings. The van der Waals surface area contributed by atoms with Crippen LogP contribution in [0.4, 0.5) is 0 Å². The quantitative estimate of drug-likeness (QED) is 0.728. The van der Waals surface area contributed by atoms with Crippen LogP contribution >= 0.6 is 27.3 Å². The van der Waals surface area contributed by atoms with E-state index < -0.39 is 10.0 Å². The molecule has 0 radical (unpaired) electrons. The summed E-state index contributed by atoms with van der Waals surface area (Å²) >= 11 is 4.84. The highest BCUT2D eigenvalue weighted by molar-refractivity contribution is 9.11. The monoisotopic (exact) mass is 380 g/mol. The molecule has 0 saturated heterocycles. The van der Waals surface area contributed by atoms with Crippen LogP contribution in [0, 0.1) is 5.41 Å². The van der Waals surface area contributed by atoms with Crippen molar-refractivity contribution in [3.8, 4) is 0 Å². The minimum atomic E-state index is -3.41. The van der Waals surface area contributed by atoms with Gasteiger partial charge in [-0.1, -0.05) is 13.8 Å². The van der Waals surface area contributed by atoms with E-state index in [1.807, 2.05) is 6.92 Å². The van der Waals surface area contributed by atoms with Crippen LogP contribution in [0.5, 0.6) is 0 Å². The normalized spacial score (nSPS) is 17.4. The van der Waals surface area contributed by atoms with Gasteiger partial charge in [0.15, 0.2) is 0 Å². The van der Waals surface area contributed by atoms with Gasteiger partial charge in [0.25, 0.3) is 0 Å². The Hall–Kier alpha value is 0.0500. The fourth-order valence-electron chi connectivity index (χ4n) is 2.07. The van der Waals surface area contributed by atoms with Crippen LogP contribution in [0.2, 0.25) is 0 Å². The van der Waals surface area contributed by atoms with Crippen molar-refractivity contribution in [2.75, 3.05) is 13.1 Å². The second-order valence-electron chi connectivity index (χ2n) is 5.31. The van der Waals surface area contributed by atoms with E-state index in [0.29, 0.717) is 21.8 Å². The summed E-state index contributed by atoms with van der Waals surface area (Å²) in [6.07, 6.45) is 3.29.